The van der Waals surface area contributed by atoms with Crippen molar-refractivity contribution >= 4 is 22.6 Å². The highest BCUT2D eigenvalue weighted by molar-refractivity contribution is 5.97. The van der Waals surface area contributed by atoms with Crippen LogP contribution in [0, 0.1) is 23.2 Å². The molecule has 2 atom stereocenters. The number of piperidine rings is 1. The van der Waals surface area contributed by atoms with Gasteiger partial charge in [0.15, 0.2) is 0 Å². The van der Waals surface area contributed by atoms with Gasteiger partial charge in [-0.3, -0.25) is 19.4 Å². The van der Waals surface area contributed by atoms with E-state index in [2.05, 4.69) is 32.7 Å². The van der Waals surface area contributed by atoms with E-state index in [0.717, 1.165) is 6.42 Å². The quantitative estimate of drug-likeness (QED) is 0.678. The number of likely N-dealkylation sites (tertiary alicyclic amines) is 1. The SMILES string of the molecule is CC(C)Cn1c(=N)c(C(=O)N2CC(C)CC(C)C2)cc2c(=O)n3ccccc3nc21. The van der Waals surface area contributed by atoms with E-state index in [0.29, 0.717) is 48.2 Å². The van der Waals surface area contributed by atoms with Gasteiger partial charge in [0.05, 0.1) is 10.9 Å². The molecule has 30 heavy (non-hydrogen) atoms. The number of rotatable bonds is 3. The maximum Gasteiger partial charge on any atom is 0.267 e. The summed E-state index contributed by atoms with van der Waals surface area (Å²) in [7, 11) is 0. The van der Waals surface area contributed by atoms with Gasteiger partial charge in [-0.1, -0.05) is 33.8 Å². The largest absolute Gasteiger partial charge is 0.338 e. The molecule has 3 aromatic heterocycles. The zero-order chi connectivity index (χ0) is 21.6. The first-order valence-electron chi connectivity index (χ1n) is 10.6. The Morgan fingerprint density at radius 3 is 2.60 bits per heavy atom. The summed E-state index contributed by atoms with van der Waals surface area (Å²) in [5, 5.41) is 9.19. The molecule has 4 heterocycles. The molecule has 1 amide bonds. The van der Waals surface area contributed by atoms with Crippen molar-refractivity contribution < 1.29 is 4.79 Å². The van der Waals surface area contributed by atoms with Crippen LogP contribution in [0.2, 0.25) is 0 Å². The molecule has 0 bridgehead atoms. The Kier molecular flexibility index (Phi) is 5.22. The third-order valence-electron chi connectivity index (χ3n) is 5.75. The molecule has 4 rings (SSSR count). The molecule has 3 aromatic rings. The molecule has 2 unspecified atom stereocenters. The summed E-state index contributed by atoms with van der Waals surface area (Å²) in [6.45, 7) is 10.3. The van der Waals surface area contributed by atoms with Crippen LogP contribution in [-0.2, 0) is 6.54 Å². The van der Waals surface area contributed by atoms with Crippen molar-refractivity contribution in [1.82, 2.24) is 18.9 Å². The number of hydrogen-bond donors (Lipinski definition) is 1. The highest BCUT2D eigenvalue weighted by Gasteiger charge is 2.28. The average molecular weight is 408 g/mol. The molecule has 1 N–H and O–H groups in total. The van der Waals surface area contributed by atoms with Crippen LogP contribution in [0.3, 0.4) is 0 Å². The molecule has 7 heteroatoms. The lowest BCUT2D eigenvalue weighted by atomic mass is 9.91. The van der Waals surface area contributed by atoms with Crippen LogP contribution in [0.1, 0.15) is 44.5 Å². The Hall–Kier alpha value is -2.96. The van der Waals surface area contributed by atoms with Gasteiger partial charge < -0.3 is 9.47 Å². The molecule has 0 spiro atoms. The van der Waals surface area contributed by atoms with E-state index in [1.165, 1.54) is 4.40 Å². The van der Waals surface area contributed by atoms with E-state index in [1.807, 2.05) is 11.0 Å². The molecule has 1 aliphatic heterocycles. The lowest BCUT2D eigenvalue weighted by molar-refractivity contribution is 0.0620. The van der Waals surface area contributed by atoms with Crippen LogP contribution in [0.4, 0.5) is 0 Å². The lowest BCUT2D eigenvalue weighted by Gasteiger charge is -2.35. The molecule has 1 aliphatic rings. The number of pyridine rings is 2. The second kappa shape index (κ2) is 7.70. The third kappa shape index (κ3) is 3.53. The van der Waals surface area contributed by atoms with Crippen LogP contribution in [-0.4, -0.2) is 37.8 Å². The Morgan fingerprint density at radius 2 is 1.93 bits per heavy atom. The number of carbonyl (C=O) groups excluding carboxylic acids is 1. The molecule has 1 fully saturated rings. The number of aromatic nitrogens is 3. The first-order chi connectivity index (χ1) is 14.3. The Labute approximate surface area is 175 Å². The van der Waals surface area contributed by atoms with Crippen molar-refractivity contribution in [3.8, 4) is 0 Å². The number of nitrogens with zero attached hydrogens (tertiary/aromatic N) is 4. The smallest absolute Gasteiger partial charge is 0.267 e. The zero-order valence-electron chi connectivity index (χ0n) is 18.1. The van der Waals surface area contributed by atoms with Gasteiger partial charge in [-0.15, -0.1) is 0 Å². The first-order valence-corrected chi connectivity index (χ1v) is 10.6. The molecular formula is C23H29N5O2. The maximum absolute atomic E-state index is 13.4. The van der Waals surface area contributed by atoms with E-state index in [9.17, 15) is 9.59 Å². The Balaban J connectivity index is 1.96. The second-order valence-electron chi connectivity index (χ2n) is 9.15. The van der Waals surface area contributed by atoms with E-state index < -0.39 is 0 Å². The fourth-order valence-electron chi connectivity index (χ4n) is 4.59. The normalized spacial score (nSPS) is 19.7. The van der Waals surface area contributed by atoms with Crippen LogP contribution < -0.4 is 11.0 Å². The summed E-state index contributed by atoms with van der Waals surface area (Å²) < 4.78 is 3.21. The number of amides is 1. The standard InChI is InChI=1S/C23H29N5O2/c1-14(2)11-28-20(24)17(22(29)26-12-15(3)9-16(4)13-26)10-18-21(28)25-19-7-5-6-8-27(19)23(18)30/h5-8,10,14-16,24H,9,11-13H2,1-4H3. The highest BCUT2D eigenvalue weighted by atomic mass is 16.2. The topological polar surface area (TPSA) is 83.5 Å². The Bertz CT molecular complexity index is 1230. The van der Waals surface area contributed by atoms with Crippen LogP contribution in [0.15, 0.2) is 35.3 Å². The number of fused-ring (bicyclic) bond motifs is 2. The fraction of sp³-hybridized carbons (Fsp3) is 0.478. The fourth-order valence-corrected chi connectivity index (χ4v) is 4.59. The van der Waals surface area contributed by atoms with Crippen molar-refractivity contribution in [2.24, 2.45) is 17.8 Å². The Morgan fingerprint density at radius 1 is 1.23 bits per heavy atom. The van der Waals surface area contributed by atoms with Gasteiger partial charge >= 0.3 is 0 Å². The number of nitrogens with one attached hydrogen (secondary N) is 1. The van der Waals surface area contributed by atoms with Gasteiger partial charge in [0.25, 0.3) is 11.5 Å². The second-order valence-corrected chi connectivity index (χ2v) is 9.15. The van der Waals surface area contributed by atoms with Crippen LogP contribution in [0.5, 0.6) is 0 Å². The minimum Gasteiger partial charge on any atom is -0.338 e. The number of hydrogen-bond acceptors (Lipinski definition) is 4. The summed E-state index contributed by atoms with van der Waals surface area (Å²) >= 11 is 0. The average Bonchev–Trinajstić information content (AvgIpc) is 2.69. The minimum atomic E-state index is -0.220. The van der Waals surface area contributed by atoms with Crippen molar-refractivity contribution in [2.45, 2.75) is 40.7 Å². The van der Waals surface area contributed by atoms with E-state index >= 15 is 0 Å². The molecule has 7 nitrogen and oxygen atoms in total. The highest BCUT2D eigenvalue weighted by Crippen LogP contribution is 2.22. The monoisotopic (exact) mass is 407 g/mol. The van der Waals surface area contributed by atoms with Gasteiger partial charge in [-0.05, 0) is 42.4 Å². The van der Waals surface area contributed by atoms with Crippen molar-refractivity contribution in [2.75, 3.05) is 13.1 Å². The van der Waals surface area contributed by atoms with Gasteiger partial charge in [-0.25, -0.2) is 4.98 Å². The van der Waals surface area contributed by atoms with Crippen molar-refractivity contribution in [1.29, 1.82) is 5.41 Å². The van der Waals surface area contributed by atoms with Crippen LogP contribution in [0.25, 0.3) is 16.7 Å². The van der Waals surface area contributed by atoms with Gasteiger partial charge in [-0.2, -0.15) is 0 Å². The summed E-state index contributed by atoms with van der Waals surface area (Å²) in [5.74, 6) is 0.909. The first kappa shape index (κ1) is 20.3. The third-order valence-corrected chi connectivity index (χ3v) is 5.75. The van der Waals surface area contributed by atoms with Crippen molar-refractivity contribution in [3.63, 3.8) is 0 Å². The predicted molar refractivity (Wildman–Crippen MR) is 116 cm³/mol. The van der Waals surface area contributed by atoms with Crippen molar-refractivity contribution in [3.05, 3.63) is 51.9 Å². The van der Waals surface area contributed by atoms with E-state index in [1.54, 1.807) is 29.0 Å². The molecule has 1 saturated heterocycles. The molecule has 0 radical (unpaired) electrons. The molecule has 0 saturated carbocycles. The van der Waals surface area contributed by atoms with Gasteiger partial charge in [0.2, 0.25) is 0 Å². The minimum absolute atomic E-state index is 0.124. The molecule has 0 aromatic carbocycles. The van der Waals surface area contributed by atoms with Gasteiger partial charge in [0.1, 0.15) is 16.8 Å². The predicted octanol–water partition coefficient (Wildman–Crippen LogP) is 2.90. The summed E-state index contributed by atoms with van der Waals surface area (Å²) in [6, 6.07) is 6.97. The zero-order valence-corrected chi connectivity index (χ0v) is 18.1. The van der Waals surface area contributed by atoms with Crippen LogP contribution >= 0.6 is 0 Å². The van der Waals surface area contributed by atoms with E-state index in [4.69, 9.17) is 5.41 Å². The molecule has 0 aliphatic carbocycles. The van der Waals surface area contributed by atoms with Gasteiger partial charge in [0, 0.05) is 25.8 Å². The van der Waals surface area contributed by atoms with E-state index in [-0.39, 0.29) is 28.4 Å². The molecular weight excluding hydrogens is 378 g/mol. The molecule has 158 valence electrons. The number of carbonyl (C=O) groups is 1. The summed E-state index contributed by atoms with van der Waals surface area (Å²) in [5.41, 5.74) is 1.17. The summed E-state index contributed by atoms with van der Waals surface area (Å²) in [4.78, 5) is 33.2. The maximum atomic E-state index is 13.4. The summed E-state index contributed by atoms with van der Waals surface area (Å²) in [6.07, 6.45) is 2.78. The lowest BCUT2D eigenvalue weighted by Crippen LogP contribution is -2.45.